The van der Waals surface area contributed by atoms with Gasteiger partial charge in [-0.2, -0.15) is 0 Å². The largest absolute Gasteiger partial charge is 0.510 e. The van der Waals surface area contributed by atoms with Gasteiger partial charge in [-0.05, 0) is 99.6 Å². The Kier molecular flexibility index (Phi) is 8.47. The minimum Gasteiger partial charge on any atom is -0.510 e. The average Bonchev–Trinajstić information content (AvgIpc) is 3.01. The first-order valence-electron chi connectivity index (χ1n) is 15.9. The van der Waals surface area contributed by atoms with Crippen molar-refractivity contribution in [3.63, 3.8) is 0 Å². The Balaban J connectivity index is 1.33. The number of nitrogens with two attached hydrogens (primary N) is 1. The lowest BCUT2D eigenvalue weighted by Gasteiger charge is -2.46. The molecule has 0 bridgehead atoms. The standard InChI is InChI=1S/C35H40N4O7/c1-38(2)29-23-17-20-16-22-21(18-7-6-8-19(15-18)35(46)37-11-14-39-12-4-3-5-13-39)9-10-24(40)26(22)30(41)25(20)31(42)27(23)32(43)28(33(29)44)34(36)45/h6-10,15,20,23,27,29,40-41,44H,3-5,11-14,16-17H2,1-2H3,(H2,36,45)(H,37,46)/t20?,23-,27?,29+/m1/s1. The maximum Gasteiger partial charge on any atom is 0.255 e. The number of phenols is 1. The van der Waals surface area contributed by atoms with E-state index >= 15 is 0 Å². The number of amides is 2. The number of hydrogen-bond acceptors (Lipinski definition) is 9. The van der Waals surface area contributed by atoms with Crippen molar-refractivity contribution in [3.8, 4) is 16.9 Å². The smallest absolute Gasteiger partial charge is 0.255 e. The third kappa shape index (κ3) is 5.37. The van der Waals surface area contributed by atoms with E-state index in [4.69, 9.17) is 5.73 Å². The molecule has 4 atom stereocenters. The number of fused-ring (bicyclic) bond motifs is 3. The number of nitrogens with zero attached hydrogens (tertiary/aromatic N) is 2. The van der Waals surface area contributed by atoms with Crippen LogP contribution in [0.2, 0.25) is 0 Å². The van der Waals surface area contributed by atoms with E-state index in [9.17, 15) is 34.5 Å². The van der Waals surface area contributed by atoms with E-state index in [2.05, 4.69) is 10.2 Å². The summed E-state index contributed by atoms with van der Waals surface area (Å²) in [6, 6.07) is 9.51. The monoisotopic (exact) mass is 628 g/mol. The van der Waals surface area contributed by atoms with Crippen LogP contribution in [0.25, 0.3) is 16.9 Å². The highest BCUT2D eigenvalue weighted by Gasteiger charge is 2.55. The molecule has 2 aromatic carbocycles. The lowest BCUT2D eigenvalue weighted by molar-refractivity contribution is -0.136. The molecule has 2 amide bonds. The van der Waals surface area contributed by atoms with Crippen molar-refractivity contribution >= 4 is 29.1 Å². The number of rotatable bonds is 7. The quantitative estimate of drug-likeness (QED) is 0.228. The first kappa shape index (κ1) is 31.5. The van der Waals surface area contributed by atoms with E-state index in [0.29, 0.717) is 28.8 Å². The van der Waals surface area contributed by atoms with Crippen LogP contribution in [-0.2, 0) is 20.8 Å². The summed E-state index contributed by atoms with van der Waals surface area (Å²) >= 11 is 0. The third-order valence-electron chi connectivity index (χ3n) is 10.0. The van der Waals surface area contributed by atoms with Crippen molar-refractivity contribution < 1.29 is 34.5 Å². The van der Waals surface area contributed by atoms with Crippen molar-refractivity contribution in [1.82, 2.24) is 15.1 Å². The van der Waals surface area contributed by atoms with E-state index < -0.39 is 58.4 Å². The van der Waals surface area contributed by atoms with Crippen molar-refractivity contribution in [1.29, 1.82) is 0 Å². The summed E-state index contributed by atoms with van der Waals surface area (Å²) in [5.41, 5.74) is 7.48. The Hall–Kier alpha value is -4.48. The number of carbonyl (C=O) groups is 4. The molecule has 0 aromatic heterocycles. The van der Waals surface area contributed by atoms with Crippen molar-refractivity contribution in [2.24, 2.45) is 23.5 Å². The number of ketones is 2. The van der Waals surface area contributed by atoms with Crippen LogP contribution in [-0.4, -0.2) is 94.8 Å². The summed E-state index contributed by atoms with van der Waals surface area (Å²) in [4.78, 5) is 56.7. The Labute approximate surface area is 267 Å². The van der Waals surface area contributed by atoms with Gasteiger partial charge < -0.3 is 31.3 Å². The van der Waals surface area contributed by atoms with E-state index in [1.54, 1.807) is 43.3 Å². The number of hydrogen-bond donors (Lipinski definition) is 5. The number of aliphatic hydroxyl groups is 2. The molecule has 11 nitrogen and oxygen atoms in total. The topological polar surface area (TPSA) is 174 Å². The number of aromatic hydroxyl groups is 1. The zero-order chi connectivity index (χ0) is 32.9. The maximum absolute atomic E-state index is 14.0. The van der Waals surface area contributed by atoms with Crippen LogP contribution in [0.5, 0.6) is 5.75 Å². The Morgan fingerprint density at radius 1 is 1.02 bits per heavy atom. The number of phenolic OH excluding ortho intramolecular Hbond substituents is 1. The lowest BCUT2D eigenvalue weighted by Crippen LogP contribution is -2.55. The number of Topliss-reactive ketones (excluding diaryl/α,β-unsaturated/α-hetero) is 2. The van der Waals surface area contributed by atoms with Crippen LogP contribution >= 0.6 is 0 Å². The number of allylic oxidation sites excluding steroid dienone is 1. The molecule has 3 aliphatic carbocycles. The summed E-state index contributed by atoms with van der Waals surface area (Å²) in [5.74, 6) is -6.39. The SMILES string of the molecule is CN(C)[C@@H]1C(O)=C(C(N)=O)C(=O)C2C(=O)C3=C(O)c4c(O)ccc(-c5cccc(C(=O)NCCN6CCCCC6)c5)c4CC3C[C@H]21. The fraction of sp³-hybridized carbons (Fsp3) is 0.429. The maximum atomic E-state index is 14.0. The third-order valence-corrected chi connectivity index (χ3v) is 10.0. The van der Waals surface area contributed by atoms with Gasteiger partial charge in [0.05, 0.1) is 17.5 Å². The summed E-state index contributed by atoms with van der Waals surface area (Å²) in [6.07, 6.45) is 4.13. The lowest BCUT2D eigenvalue weighted by atomic mass is 9.59. The molecule has 1 saturated carbocycles. The summed E-state index contributed by atoms with van der Waals surface area (Å²) in [6.45, 7) is 3.43. The summed E-state index contributed by atoms with van der Waals surface area (Å²) in [7, 11) is 3.37. The van der Waals surface area contributed by atoms with Gasteiger partial charge in [-0.3, -0.25) is 24.1 Å². The number of likely N-dealkylation sites (N-methyl/N-ethyl adjacent to an activating group) is 1. The molecular weight excluding hydrogens is 588 g/mol. The molecule has 4 aliphatic rings. The molecule has 2 fully saturated rings. The normalized spacial score (nSPS) is 24.8. The van der Waals surface area contributed by atoms with Crippen molar-refractivity contribution in [2.75, 3.05) is 40.3 Å². The summed E-state index contributed by atoms with van der Waals surface area (Å²) < 4.78 is 0. The van der Waals surface area contributed by atoms with Crippen molar-refractivity contribution in [2.45, 2.75) is 38.1 Å². The molecule has 6 rings (SSSR count). The first-order chi connectivity index (χ1) is 22.0. The van der Waals surface area contributed by atoms with Gasteiger partial charge in [0, 0.05) is 24.2 Å². The molecule has 2 aromatic rings. The van der Waals surface area contributed by atoms with Crippen LogP contribution in [0, 0.1) is 17.8 Å². The van der Waals surface area contributed by atoms with E-state index in [0.717, 1.165) is 19.6 Å². The second kappa shape index (κ2) is 12.4. The number of nitrogens with one attached hydrogen (secondary N) is 1. The molecule has 1 aliphatic heterocycles. The average molecular weight is 629 g/mol. The molecular formula is C35H40N4O7. The van der Waals surface area contributed by atoms with Crippen molar-refractivity contribution in [3.05, 3.63) is 70.0 Å². The molecule has 1 heterocycles. The Morgan fingerprint density at radius 2 is 1.76 bits per heavy atom. The van der Waals surface area contributed by atoms with Gasteiger partial charge in [0.25, 0.3) is 11.8 Å². The number of carbonyl (C=O) groups excluding carboxylic acids is 4. The number of aliphatic hydroxyl groups excluding tert-OH is 2. The molecule has 1 saturated heterocycles. The number of benzene rings is 2. The fourth-order valence-electron chi connectivity index (χ4n) is 7.98. The zero-order valence-corrected chi connectivity index (χ0v) is 26.1. The fourth-order valence-corrected chi connectivity index (χ4v) is 7.98. The second-order valence-corrected chi connectivity index (χ2v) is 13.0. The molecule has 0 spiro atoms. The zero-order valence-electron chi connectivity index (χ0n) is 26.1. The Morgan fingerprint density at radius 3 is 2.46 bits per heavy atom. The minimum absolute atomic E-state index is 0.0269. The highest BCUT2D eigenvalue weighted by atomic mass is 16.3. The minimum atomic E-state index is -1.31. The van der Waals surface area contributed by atoms with Crippen LogP contribution in [0.3, 0.4) is 0 Å². The van der Waals surface area contributed by atoms with Gasteiger partial charge in [0.2, 0.25) is 0 Å². The molecule has 46 heavy (non-hydrogen) atoms. The van der Waals surface area contributed by atoms with Gasteiger partial charge in [-0.15, -0.1) is 0 Å². The Bertz CT molecular complexity index is 1690. The molecule has 0 radical (unpaired) electrons. The van der Waals surface area contributed by atoms with Crippen LogP contribution < -0.4 is 11.1 Å². The first-order valence-corrected chi connectivity index (χ1v) is 15.9. The predicted octanol–water partition coefficient (Wildman–Crippen LogP) is 2.73. The van der Waals surface area contributed by atoms with Gasteiger partial charge >= 0.3 is 0 Å². The molecule has 242 valence electrons. The van der Waals surface area contributed by atoms with E-state index in [1.807, 2.05) is 6.07 Å². The van der Waals surface area contributed by atoms with Crippen LogP contribution in [0.4, 0.5) is 0 Å². The molecule has 11 heteroatoms. The van der Waals surface area contributed by atoms with Gasteiger partial charge in [-0.1, -0.05) is 24.6 Å². The van der Waals surface area contributed by atoms with Gasteiger partial charge in [0.15, 0.2) is 11.6 Å². The number of piperidine rings is 1. The highest BCUT2D eigenvalue weighted by Crippen LogP contribution is 2.51. The summed E-state index contributed by atoms with van der Waals surface area (Å²) in [5, 5.41) is 36.5. The van der Waals surface area contributed by atoms with Crippen LogP contribution in [0.15, 0.2) is 53.3 Å². The van der Waals surface area contributed by atoms with E-state index in [-0.39, 0.29) is 35.6 Å². The van der Waals surface area contributed by atoms with Crippen LogP contribution in [0.1, 0.15) is 47.2 Å². The highest BCUT2D eigenvalue weighted by molar-refractivity contribution is 6.28. The van der Waals surface area contributed by atoms with E-state index in [1.165, 1.54) is 25.3 Å². The van der Waals surface area contributed by atoms with Gasteiger partial charge in [-0.25, -0.2) is 0 Å². The van der Waals surface area contributed by atoms with Gasteiger partial charge in [0.1, 0.15) is 22.8 Å². The predicted molar refractivity (Wildman–Crippen MR) is 171 cm³/mol. The number of likely N-dealkylation sites (tertiary alicyclic amines) is 1. The second-order valence-electron chi connectivity index (χ2n) is 13.0. The number of primary amides is 1. The molecule has 2 unspecified atom stereocenters. The molecule has 6 N–H and O–H groups in total.